The summed E-state index contributed by atoms with van der Waals surface area (Å²) in [5.41, 5.74) is 6.89. The molecule has 1 aromatic rings. The van der Waals surface area contributed by atoms with Crippen LogP contribution in [-0.2, 0) is 17.6 Å². The van der Waals surface area contributed by atoms with Crippen LogP contribution in [0.2, 0.25) is 0 Å². The highest BCUT2D eigenvalue weighted by Gasteiger charge is 2.37. The number of aliphatic carboxylic acids is 1. The molecule has 0 aliphatic heterocycles. The second-order valence-electron chi connectivity index (χ2n) is 4.27. The van der Waals surface area contributed by atoms with E-state index >= 15 is 0 Å². The van der Waals surface area contributed by atoms with E-state index in [0.29, 0.717) is 19.3 Å². The fraction of sp³-hybridized carbons (Fsp3) is 0.417. The number of aryl methyl sites for hydroxylation is 1. The molecule has 4 heteroatoms. The number of methoxy groups -OCH3 is 1. The first-order valence-corrected chi connectivity index (χ1v) is 5.23. The third-order valence-electron chi connectivity index (χ3n) is 3.19. The molecule has 16 heavy (non-hydrogen) atoms. The van der Waals surface area contributed by atoms with Gasteiger partial charge in [-0.2, -0.15) is 0 Å². The second kappa shape index (κ2) is 3.79. The maximum Gasteiger partial charge on any atom is 0.324 e. The van der Waals surface area contributed by atoms with Crippen molar-refractivity contribution in [2.75, 3.05) is 7.11 Å². The van der Waals surface area contributed by atoms with Crippen molar-refractivity contribution < 1.29 is 14.6 Å². The van der Waals surface area contributed by atoms with Gasteiger partial charge in [0.05, 0.1) is 7.11 Å². The molecule has 0 saturated carbocycles. The van der Waals surface area contributed by atoms with Crippen molar-refractivity contribution in [3.05, 3.63) is 29.3 Å². The molecule has 0 fully saturated rings. The number of nitrogens with two attached hydrogens (primary N) is 1. The Hall–Kier alpha value is -1.55. The zero-order valence-electron chi connectivity index (χ0n) is 9.19. The quantitative estimate of drug-likeness (QED) is 0.780. The van der Waals surface area contributed by atoms with Gasteiger partial charge in [-0.15, -0.1) is 0 Å². The molecule has 0 radical (unpaired) electrons. The SMILES string of the molecule is COc1ccc2c(c1)CC(N)(C(=O)O)CC2. The molecule has 1 aliphatic rings. The van der Waals surface area contributed by atoms with Crippen LogP contribution in [0.25, 0.3) is 0 Å². The fourth-order valence-electron chi connectivity index (χ4n) is 2.11. The molecule has 1 aliphatic carbocycles. The lowest BCUT2D eigenvalue weighted by Crippen LogP contribution is -2.52. The number of hydrogen-bond donors (Lipinski definition) is 2. The van der Waals surface area contributed by atoms with Crippen LogP contribution in [0, 0.1) is 0 Å². The number of benzene rings is 1. The molecule has 4 nitrogen and oxygen atoms in total. The first kappa shape index (κ1) is 11.0. The minimum absolute atomic E-state index is 0.370. The van der Waals surface area contributed by atoms with Crippen molar-refractivity contribution in [2.24, 2.45) is 5.73 Å². The molecule has 1 atom stereocenters. The van der Waals surface area contributed by atoms with Gasteiger partial charge in [0, 0.05) is 6.42 Å². The minimum Gasteiger partial charge on any atom is -0.497 e. The van der Waals surface area contributed by atoms with Crippen LogP contribution in [0.1, 0.15) is 17.5 Å². The lowest BCUT2D eigenvalue weighted by Gasteiger charge is -2.30. The van der Waals surface area contributed by atoms with Crippen LogP contribution in [0.4, 0.5) is 0 Å². The summed E-state index contributed by atoms with van der Waals surface area (Å²) in [7, 11) is 1.59. The van der Waals surface area contributed by atoms with E-state index in [1.165, 1.54) is 5.56 Å². The lowest BCUT2D eigenvalue weighted by atomic mass is 9.78. The number of hydrogen-bond acceptors (Lipinski definition) is 3. The van der Waals surface area contributed by atoms with E-state index in [1.54, 1.807) is 7.11 Å². The van der Waals surface area contributed by atoms with Crippen LogP contribution in [0.5, 0.6) is 5.75 Å². The highest BCUT2D eigenvalue weighted by atomic mass is 16.5. The molecule has 2 rings (SSSR count). The van der Waals surface area contributed by atoms with Gasteiger partial charge >= 0.3 is 5.97 Å². The van der Waals surface area contributed by atoms with Gasteiger partial charge in [0.25, 0.3) is 0 Å². The van der Waals surface area contributed by atoms with E-state index in [0.717, 1.165) is 11.3 Å². The summed E-state index contributed by atoms with van der Waals surface area (Å²) in [5.74, 6) is -0.186. The Morgan fingerprint density at radius 2 is 2.25 bits per heavy atom. The first-order chi connectivity index (χ1) is 7.55. The number of carboxylic acid groups (broad SMARTS) is 1. The van der Waals surface area contributed by atoms with Gasteiger partial charge in [0.2, 0.25) is 0 Å². The zero-order chi connectivity index (χ0) is 11.8. The Morgan fingerprint density at radius 1 is 1.50 bits per heavy atom. The number of ether oxygens (including phenoxy) is 1. The Labute approximate surface area is 94.0 Å². The summed E-state index contributed by atoms with van der Waals surface area (Å²) in [6, 6.07) is 5.75. The van der Waals surface area contributed by atoms with E-state index in [1.807, 2.05) is 18.2 Å². The zero-order valence-corrected chi connectivity index (χ0v) is 9.19. The molecule has 0 spiro atoms. The van der Waals surface area contributed by atoms with Gasteiger partial charge in [0.15, 0.2) is 0 Å². The van der Waals surface area contributed by atoms with Gasteiger partial charge in [-0.1, -0.05) is 6.07 Å². The fourth-order valence-corrected chi connectivity index (χ4v) is 2.11. The topological polar surface area (TPSA) is 72.5 Å². The lowest BCUT2D eigenvalue weighted by molar-refractivity contribution is -0.143. The number of carbonyl (C=O) groups is 1. The molecular weight excluding hydrogens is 206 g/mol. The summed E-state index contributed by atoms with van der Waals surface area (Å²) in [4.78, 5) is 11.1. The average molecular weight is 221 g/mol. The van der Waals surface area contributed by atoms with Crippen molar-refractivity contribution >= 4 is 5.97 Å². The highest BCUT2D eigenvalue weighted by molar-refractivity contribution is 5.79. The van der Waals surface area contributed by atoms with Crippen molar-refractivity contribution in [1.82, 2.24) is 0 Å². The molecule has 1 unspecified atom stereocenters. The normalized spacial score (nSPS) is 23.6. The molecule has 0 amide bonds. The second-order valence-corrected chi connectivity index (χ2v) is 4.27. The van der Waals surface area contributed by atoms with Crippen molar-refractivity contribution in [3.8, 4) is 5.75 Å². The predicted molar refractivity (Wildman–Crippen MR) is 59.6 cm³/mol. The molecular formula is C12H15NO3. The smallest absolute Gasteiger partial charge is 0.324 e. The maximum atomic E-state index is 11.1. The number of rotatable bonds is 2. The van der Waals surface area contributed by atoms with Crippen molar-refractivity contribution in [3.63, 3.8) is 0 Å². The number of fused-ring (bicyclic) bond motifs is 1. The van der Waals surface area contributed by atoms with Crippen LogP contribution in [-0.4, -0.2) is 23.7 Å². The predicted octanol–water partition coefficient (Wildman–Crippen LogP) is 0.966. The van der Waals surface area contributed by atoms with Gasteiger partial charge in [-0.05, 0) is 36.1 Å². The Morgan fingerprint density at radius 3 is 2.88 bits per heavy atom. The summed E-state index contributed by atoms with van der Waals surface area (Å²) in [6.07, 6.45) is 1.57. The molecule has 0 saturated heterocycles. The maximum absolute atomic E-state index is 11.1. The molecule has 86 valence electrons. The van der Waals surface area contributed by atoms with E-state index in [2.05, 4.69) is 0 Å². The van der Waals surface area contributed by atoms with Crippen LogP contribution in [0.3, 0.4) is 0 Å². The minimum atomic E-state index is -1.13. The Bertz CT molecular complexity index is 430. The summed E-state index contributed by atoms with van der Waals surface area (Å²) < 4.78 is 5.12. The van der Waals surface area contributed by atoms with E-state index < -0.39 is 11.5 Å². The Balaban J connectivity index is 2.35. The first-order valence-electron chi connectivity index (χ1n) is 5.23. The molecule has 3 N–H and O–H groups in total. The van der Waals surface area contributed by atoms with E-state index in [9.17, 15) is 4.79 Å². The van der Waals surface area contributed by atoms with Crippen LogP contribution >= 0.6 is 0 Å². The summed E-state index contributed by atoms with van der Waals surface area (Å²) in [5, 5.41) is 9.09. The van der Waals surface area contributed by atoms with E-state index in [4.69, 9.17) is 15.6 Å². The van der Waals surface area contributed by atoms with Crippen LogP contribution < -0.4 is 10.5 Å². The molecule has 0 aromatic heterocycles. The monoisotopic (exact) mass is 221 g/mol. The largest absolute Gasteiger partial charge is 0.497 e. The summed E-state index contributed by atoms with van der Waals surface area (Å²) >= 11 is 0. The number of carboxylic acids is 1. The average Bonchev–Trinajstić information content (AvgIpc) is 2.27. The van der Waals surface area contributed by atoms with Crippen molar-refractivity contribution in [2.45, 2.75) is 24.8 Å². The molecule has 0 heterocycles. The van der Waals surface area contributed by atoms with Gasteiger partial charge in [0.1, 0.15) is 11.3 Å². The van der Waals surface area contributed by atoms with Gasteiger partial charge < -0.3 is 15.6 Å². The van der Waals surface area contributed by atoms with E-state index in [-0.39, 0.29) is 0 Å². The standard InChI is InChI=1S/C12H15NO3/c1-16-10-3-2-8-4-5-12(13,11(14)15)7-9(8)6-10/h2-3,6H,4-5,7,13H2,1H3,(H,14,15). The molecule has 0 bridgehead atoms. The van der Waals surface area contributed by atoms with Gasteiger partial charge in [-0.25, -0.2) is 0 Å². The third-order valence-corrected chi connectivity index (χ3v) is 3.19. The van der Waals surface area contributed by atoms with Crippen molar-refractivity contribution in [1.29, 1.82) is 0 Å². The highest BCUT2D eigenvalue weighted by Crippen LogP contribution is 2.29. The third kappa shape index (κ3) is 1.76. The van der Waals surface area contributed by atoms with Crippen LogP contribution in [0.15, 0.2) is 18.2 Å². The Kier molecular flexibility index (Phi) is 2.59. The molecule has 1 aromatic carbocycles. The summed E-state index contributed by atoms with van der Waals surface area (Å²) in [6.45, 7) is 0. The van der Waals surface area contributed by atoms with Gasteiger partial charge in [-0.3, -0.25) is 4.79 Å².